The average Bonchev–Trinajstić information content (AvgIpc) is 3.21. The van der Waals surface area contributed by atoms with Gasteiger partial charge in [0.05, 0.1) is 16.7 Å². The van der Waals surface area contributed by atoms with Crippen LogP contribution in [0.1, 0.15) is 0 Å². The third kappa shape index (κ3) is 5.57. The molecule has 0 saturated heterocycles. The second kappa shape index (κ2) is 12.6. The molecule has 0 fully saturated rings. The number of fused-ring (bicyclic) bond motifs is 3. The Morgan fingerprint density at radius 2 is 0.840 bits per heavy atom. The highest BCUT2D eigenvalue weighted by Crippen LogP contribution is 2.39. The van der Waals surface area contributed by atoms with Gasteiger partial charge in [0.1, 0.15) is 0 Å². The summed E-state index contributed by atoms with van der Waals surface area (Å²) < 4.78 is 0. The van der Waals surface area contributed by atoms with E-state index in [9.17, 15) is 0 Å². The lowest BCUT2D eigenvalue weighted by Crippen LogP contribution is -2.00. The first kappa shape index (κ1) is 29.3. The van der Waals surface area contributed by atoms with Crippen LogP contribution >= 0.6 is 0 Å². The average molecular weight is 640 g/mol. The lowest BCUT2D eigenvalue weighted by molar-refractivity contribution is 1.07. The zero-order chi connectivity index (χ0) is 33.3. The van der Waals surface area contributed by atoms with Crippen LogP contribution in [0, 0.1) is 0 Å². The number of benzene rings is 6. The second-order valence-corrected chi connectivity index (χ2v) is 12.2. The van der Waals surface area contributed by atoms with Crippen molar-refractivity contribution in [3.63, 3.8) is 0 Å². The number of hydrogen-bond donors (Lipinski definition) is 0. The Balaban J connectivity index is 1.33. The first-order valence-corrected chi connectivity index (χ1v) is 16.6. The van der Waals surface area contributed by atoms with Crippen molar-refractivity contribution in [1.82, 2.24) is 24.9 Å². The molecular weight excluding hydrogens is 611 g/mol. The number of rotatable bonds is 6. The van der Waals surface area contributed by atoms with Gasteiger partial charge in [-0.15, -0.1) is 0 Å². The molecule has 9 rings (SSSR count). The van der Waals surface area contributed by atoms with Gasteiger partial charge in [0.25, 0.3) is 0 Å². The molecule has 3 aromatic heterocycles. The van der Waals surface area contributed by atoms with Crippen LogP contribution in [0.4, 0.5) is 0 Å². The Labute approximate surface area is 289 Å². The van der Waals surface area contributed by atoms with E-state index in [1.54, 1.807) is 0 Å². The molecule has 5 nitrogen and oxygen atoms in total. The van der Waals surface area contributed by atoms with Crippen LogP contribution in [0.25, 0.3) is 89.5 Å². The van der Waals surface area contributed by atoms with E-state index in [1.807, 2.05) is 97.2 Å². The molecule has 0 radical (unpaired) electrons. The van der Waals surface area contributed by atoms with Gasteiger partial charge in [0.2, 0.25) is 0 Å². The lowest BCUT2D eigenvalue weighted by atomic mass is 9.92. The van der Waals surface area contributed by atoms with Crippen molar-refractivity contribution in [3.8, 4) is 67.7 Å². The summed E-state index contributed by atoms with van der Waals surface area (Å²) in [5.41, 5.74) is 10.7. The molecule has 9 aromatic rings. The normalized spacial score (nSPS) is 11.2. The molecule has 0 aliphatic carbocycles. The van der Waals surface area contributed by atoms with Gasteiger partial charge in [-0.1, -0.05) is 140 Å². The zero-order valence-electron chi connectivity index (χ0n) is 27.0. The van der Waals surface area contributed by atoms with Crippen LogP contribution in [0.5, 0.6) is 0 Å². The van der Waals surface area contributed by atoms with Gasteiger partial charge in [-0.05, 0) is 52.6 Å². The van der Waals surface area contributed by atoms with E-state index in [-0.39, 0.29) is 0 Å². The van der Waals surface area contributed by atoms with E-state index < -0.39 is 0 Å². The van der Waals surface area contributed by atoms with Crippen molar-refractivity contribution in [2.24, 2.45) is 0 Å². The molecule has 234 valence electrons. The van der Waals surface area contributed by atoms with Gasteiger partial charge in [0, 0.05) is 39.2 Å². The van der Waals surface area contributed by atoms with Crippen LogP contribution in [0.15, 0.2) is 176 Å². The first-order valence-electron chi connectivity index (χ1n) is 16.6. The Morgan fingerprint density at radius 1 is 0.320 bits per heavy atom. The van der Waals surface area contributed by atoms with Crippen molar-refractivity contribution in [2.75, 3.05) is 0 Å². The molecule has 0 spiro atoms. The fraction of sp³-hybridized carbons (Fsp3) is 0. The van der Waals surface area contributed by atoms with Gasteiger partial charge in [-0.3, -0.25) is 4.98 Å². The highest BCUT2D eigenvalue weighted by Gasteiger charge is 2.18. The van der Waals surface area contributed by atoms with Crippen LogP contribution in [-0.2, 0) is 0 Å². The molecule has 50 heavy (non-hydrogen) atoms. The molecule has 0 bridgehead atoms. The summed E-state index contributed by atoms with van der Waals surface area (Å²) in [5.74, 6) is 1.85. The van der Waals surface area contributed by atoms with Gasteiger partial charge < -0.3 is 0 Å². The lowest BCUT2D eigenvalue weighted by Gasteiger charge is -2.15. The molecule has 0 N–H and O–H groups in total. The predicted molar refractivity (Wildman–Crippen MR) is 203 cm³/mol. The molecule has 0 saturated carbocycles. The second-order valence-electron chi connectivity index (χ2n) is 12.2. The summed E-state index contributed by atoms with van der Waals surface area (Å²) in [4.78, 5) is 25.1. The molecule has 6 aromatic carbocycles. The SMILES string of the molecule is c1ccc(-c2cc(-c3nc(-c4ccccc4)nc(-c4ccccc4)n3)cc(-c3cc(-c4ccccc4)nc4c3ccc3cccnc34)c2)cc1. The van der Waals surface area contributed by atoms with Gasteiger partial charge >= 0.3 is 0 Å². The monoisotopic (exact) mass is 639 g/mol. The fourth-order valence-electron chi connectivity index (χ4n) is 6.47. The summed E-state index contributed by atoms with van der Waals surface area (Å²) >= 11 is 0. The predicted octanol–water partition coefficient (Wildman–Crippen LogP) is 11.0. The third-order valence-electron chi connectivity index (χ3n) is 8.93. The number of hydrogen-bond acceptors (Lipinski definition) is 5. The van der Waals surface area contributed by atoms with E-state index in [2.05, 4.69) is 78.9 Å². The minimum atomic E-state index is 0.602. The summed E-state index contributed by atoms with van der Waals surface area (Å²) in [7, 11) is 0. The zero-order valence-corrected chi connectivity index (χ0v) is 27.0. The molecule has 5 heteroatoms. The van der Waals surface area contributed by atoms with Gasteiger partial charge in [-0.25, -0.2) is 19.9 Å². The number of aromatic nitrogens is 5. The summed E-state index contributed by atoms with van der Waals surface area (Å²) in [6, 6.07) is 58.1. The molecule has 0 aliphatic rings. The van der Waals surface area contributed by atoms with Gasteiger partial charge in [0.15, 0.2) is 17.5 Å². The largest absolute Gasteiger partial charge is 0.254 e. The van der Waals surface area contributed by atoms with E-state index in [4.69, 9.17) is 24.9 Å². The third-order valence-corrected chi connectivity index (χ3v) is 8.93. The van der Waals surface area contributed by atoms with Gasteiger partial charge in [-0.2, -0.15) is 0 Å². The Morgan fingerprint density at radius 3 is 1.46 bits per heavy atom. The topological polar surface area (TPSA) is 64.5 Å². The molecule has 3 heterocycles. The smallest absolute Gasteiger partial charge is 0.164 e. The van der Waals surface area contributed by atoms with Crippen LogP contribution in [-0.4, -0.2) is 24.9 Å². The van der Waals surface area contributed by atoms with Crippen molar-refractivity contribution >= 4 is 21.8 Å². The first-order chi connectivity index (χ1) is 24.8. The number of pyridine rings is 2. The highest BCUT2D eigenvalue weighted by molar-refractivity contribution is 6.09. The van der Waals surface area contributed by atoms with Crippen molar-refractivity contribution in [3.05, 3.63) is 176 Å². The summed E-state index contributed by atoms with van der Waals surface area (Å²) in [6.07, 6.45) is 1.84. The molecule has 0 amide bonds. The van der Waals surface area contributed by atoms with Crippen molar-refractivity contribution in [2.45, 2.75) is 0 Å². The van der Waals surface area contributed by atoms with Crippen molar-refractivity contribution in [1.29, 1.82) is 0 Å². The van der Waals surface area contributed by atoms with Crippen molar-refractivity contribution < 1.29 is 0 Å². The summed E-state index contributed by atoms with van der Waals surface area (Å²) in [6.45, 7) is 0. The maximum Gasteiger partial charge on any atom is 0.164 e. The van der Waals surface area contributed by atoms with E-state index in [0.717, 1.165) is 72.0 Å². The van der Waals surface area contributed by atoms with E-state index in [0.29, 0.717) is 17.5 Å². The molecule has 0 unspecified atom stereocenters. The van der Waals surface area contributed by atoms with E-state index >= 15 is 0 Å². The Hall–Kier alpha value is -6.85. The van der Waals surface area contributed by atoms with Crippen LogP contribution in [0.3, 0.4) is 0 Å². The highest BCUT2D eigenvalue weighted by atomic mass is 15.0. The Bertz CT molecular complexity index is 2570. The Kier molecular flexibility index (Phi) is 7.41. The quantitative estimate of drug-likeness (QED) is 0.169. The molecule has 0 atom stereocenters. The molecule has 0 aliphatic heterocycles. The number of nitrogens with zero attached hydrogens (tertiary/aromatic N) is 5. The minimum absolute atomic E-state index is 0.602. The maximum absolute atomic E-state index is 5.22. The minimum Gasteiger partial charge on any atom is -0.254 e. The van der Waals surface area contributed by atoms with E-state index in [1.165, 1.54) is 0 Å². The standard InChI is InChI=1S/C45H29N5/c1-5-14-30(15-6-1)35-26-36(39-29-40(31-16-7-2-8-17-31)47-42-38(39)24-23-32-22-13-25-46-41(32)42)28-37(27-35)45-49-43(33-18-9-3-10-19-33)48-44(50-45)34-20-11-4-12-21-34/h1-29H. The van der Waals surface area contributed by atoms with Crippen LogP contribution in [0.2, 0.25) is 0 Å². The molecular formula is C45H29N5. The summed E-state index contributed by atoms with van der Waals surface area (Å²) in [5, 5.41) is 2.08. The fourth-order valence-corrected chi connectivity index (χ4v) is 6.47. The maximum atomic E-state index is 5.22. The van der Waals surface area contributed by atoms with Crippen LogP contribution < -0.4 is 0 Å².